The molecule has 2 N–H and O–H groups in total. The molecule has 1 aromatic carbocycles. The number of nitrogens with zero attached hydrogens (tertiary/aromatic N) is 1. The van der Waals surface area contributed by atoms with Gasteiger partial charge in [0.1, 0.15) is 11.0 Å². The van der Waals surface area contributed by atoms with Gasteiger partial charge in [-0.2, -0.15) is 0 Å². The Morgan fingerprint density at radius 1 is 1.19 bits per heavy atom. The fourth-order valence-corrected chi connectivity index (χ4v) is 2.40. The zero-order valence-corrected chi connectivity index (χ0v) is 13.4. The van der Waals surface area contributed by atoms with Crippen molar-refractivity contribution in [1.29, 1.82) is 0 Å². The Bertz CT molecular complexity index is 656. The van der Waals surface area contributed by atoms with E-state index in [9.17, 15) is 4.79 Å². The summed E-state index contributed by atoms with van der Waals surface area (Å²) in [4.78, 5) is 16.4. The van der Waals surface area contributed by atoms with Crippen LogP contribution in [0, 0.1) is 0 Å². The number of benzene rings is 1. The van der Waals surface area contributed by atoms with Gasteiger partial charge in [0, 0.05) is 12.1 Å². The number of hydrogen-bond donors (Lipinski definition) is 2. The van der Waals surface area contributed by atoms with Crippen molar-refractivity contribution in [3.63, 3.8) is 0 Å². The van der Waals surface area contributed by atoms with Crippen LogP contribution in [0.25, 0.3) is 0 Å². The molecule has 4 nitrogen and oxygen atoms in total. The smallest absolute Gasteiger partial charge is 0.255 e. The Morgan fingerprint density at radius 2 is 1.86 bits per heavy atom. The lowest BCUT2D eigenvalue weighted by atomic mass is 10.2. The average molecular weight is 345 g/mol. The number of amides is 1. The molecule has 110 valence electrons. The van der Waals surface area contributed by atoms with E-state index >= 15 is 0 Å². The number of halogens is 3. The van der Waals surface area contributed by atoms with Crippen LogP contribution < -0.4 is 10.6 Å². The number of hydrogen-bond acceptors (Lipinski definition) is 3. The maximum atomic E-state index is 12.3. The Morgan fingerprint density at radius 3 is 2.48 bits per heavy atom. The van der Waals surface area contributed by atoms with Crippen molar-refractivity contribution in [3.8, 4) is 0 Å². The predicted octanol–water partition coefficient (Wildman–Crippen LogP) is 4.73. The van der Waals surface area contributed by atoms with E-state index in [1.54, 1.807) is 24.3 Å². The second-order valence-electron chi connectivity index (χ2n) is 4.14. The van der Waals surface area contributed by atoms with E-state index < -0.39 is 0 Å². The maximum absolute atomic E-state index is 12.3. The number of anilines is 2. The first-order valence-corrected chi connectivity index (χ1v) is 7.31. The van der Waals surface area contributed by atoms with Gasteiger partial charge in [-0.15, -0.1) is 0 Å². The molecule has 21 heavy (non-hydrogen) atoms. The van der Waals surface area contributed by atoms with E-state index in [2.05, 4.69) is 15.6 Å². The minimum Gasteiger partial charge on any atom is -0.370 e. The molecule has 2 aromatic rings. The maximum Gasteiger partial charge on any atom is 0.255 e. The summed E-state index contributed by atoms with van der Waals surface area (Å²) < 4.78 is 0. The van der Waals surface area contributed by atoms with Crippen LogP contribution >= 0.6 is 34.8 Å². The van der Waals surface area contributed by atoms with Gasteiger partial charge in [0.05, 0.1) is 15.7 Å². The molecule has 1 aromatic heterocycles. The predicted molar refractivity (Wildman–Crippen MR) is 87.8 cm³/mol. The molecule has 7 heteroatoms. The van der Waals surface area contributed by atoms with Gasteiger partial charge in [0.25, 0.3) is 5.91 Å². The second kappa shape index (κ2) is 6.98. The normalized spacial score (nSPS) is 10.3. The Kier molecular flexibility index (Phi) is 5.28. The second-order valence-corrected chi connectivity index (χ2v) is 5.35. The fraction of sp³-hybridized carbons (Fsp3) is 0.143. The van der Waals surface area contributed by atoms with Crippen LogP contribution in [-0.2, 0) is 0 Å². The van der Waals surface area contributed by atoms with Crippen LogP contribution in [0.4, 0.5) is 11.5 Å². The lowest BCUT2D eigenvalue weighted by molar-refractivity contribution is 0.102. The third-order valence-corrected chi connectivity index (χ3v) is 3.44. The number of pyridine rings is 1. The summed E-state index contributed by atoms with van der Waals surface area (Å²) in [6, 6.07) is 8.07. The SMILES string of the molecule is CCNc1cc(C(=O)Nc2c(Cl)cccc2Cl)cc(Cl)n1. The molecule has 0 aliphatic rings. The highest BCUT2D eigenvalue weighted by atomic mass is 35.5. The molecule has 0 aliphatic heterocycles. The highest BCUT2D eigenvalue weighted by molar-refractivity contribution is 6.40. The molecule has 0 spiro atoms. The number of nitrogens with one attached hydrogen (secondary N) is 2. The molecule has 0 unspecified atom stereocenters. The number of aromatic nitrogens is 1. The Labute approximate surface area is 137 Å². The van der Waals surface area contributed by atoms with Crippen molar-refractivity contribution >= 4 is 52.2 Å². The third kappa shape index (κ3) is 4.00. The molecule has 0 bridgehead atoms. The average Bonchev–Trinajstić information content (AvgIpc) is 2.42. The third-order valence-electron chi connectivity index (χ3n) is 2.62. The van der Waals surface area contributed by atoms with E-state index in [1.807, 2.05) is 6.92 Å². The van der Waals surface area contributed by atoms with Gasteiger partial charge in [0.15, 0.2) is 0 Å². The molecular formula is C14H12Cl3N3O. The van der Waals surface area contributed by atoms with E-state index in [0.29, 0.717) is 33.7 Å². The van der Waals surface area contributed by atoms with E-state index in [0.717, 1.165) is 0 Å². The summed E-state index contributed by atoms with van der Waals surface area (Å²) in [5.41, 5.74) is 0.728. The molecular weight excluding hydrogens is 333 g/mol. The van der Waals surface area contributed by atoms with Gasteiger partial charge in [0.2, 0.25) is 0 Å². The van der Waals surface area contributed by atoms with Gasteiger partial charge in [-0.1, -0.05) is 40.9 Å². The molecule has 2 rings (SSSR count). The van der Waals surface area contributed by atoms with Crippen molar-refractivity contribution in [2.75, 3.05) is 17.2 Å². The minimum absolute atomic E-state index is 0.226. The van der Waals surface area contributed by atoms with E-state index in [1.165, 1.54) is 6.07 Å². The monoisotopic (exact) mass is 343 g/mol. The molecule has 0 saturated carbocycles. The lowest BCUT2D eigenvalue weighted by Gasteiger charge is -2.10. The minimum atomic E-state index is -0.367. The molecule has 0 radical (unpaired) electrons. The zero-order valence-electron chi connectivity index (χ0n) is 11.1. The van der Waals surface area contributed by atoms with Crippen molar-refractivity contribution in [1.82, 2.24) is 4.98 Å². The molecule has 1 heterocycles. The first-order chi connectivity index (χ1) is 10.0. The molecule has 0 atom stereocenters. The molecule has 0 aliphatic carbocycles. The largest absolute Gasteiger partial charge is 0.370 e. The van der Waals surface area contributed by atoms with Crippen LogP contribution in [0.15, 0.2) is 30.3 Å². The lowest BCUT2D eigenvalue weighted by Crippen LogP contribution is -2.13. The number of para-hydroxylation sites is 1. The Hall–Kier alpha value is -1.49. The molecule has 0 saturated heterocycles. The van der Waals surface area contributed by atoms with Crippen molar-refractivity contribution < 1.29 is 4.79 Å². The van der Waals surface area contributed by atoms with Crippen LogP contribution in [-0.4, -0.2) is 17.4 Å². The van der Waals surface area contributed by atoms with Gasteiger partial charge in [-0.05, 0) is 31.2 Å². The highest BCUT2D eigenvalue weighted by Crippen LogP contribution is 2.30. The molecule has 0 fully saturated rings. The number of carbonyl (C=O) groups is 1. The van der Waals surface area contributed by atoms with Crippen molar-refractivity contribution in [2.24, 2.45) is 0 Å². The summed E-state index contributed by atoms with van der Waals surface area (Å²) >= 11 is 18.0. The van der Waals surface area contributed by atoms with Gasteiger partial charge in [-0.25, -0.2) is 4.98 Å². The molecule has 1 amide bonds. The fourth-order valence-electron chi connectivity index (χ4n) is 1.70. The zero-order chi connectivity index (χ0) is 15.4. The van der Waals surface area contributed by atoms with Crippen molar-refractivity contribution in [3.05, 3.63) is 51.1 Å². The summed E-state index contributed by atoms with van der Waals surface area (Å²) in [7, 11) is 0. The first-order valence-electron chi connectivity index (χ1n) is 6.18. The highest BCUT2D eigenvalue weighted by Gasteiger charge is 2.13. The van der Waals surface area contributed by atoms with Gasteiger partial charge < -0.3 is 10.6 Å². The number of carbonyl (C=O) groups excluding carboxylic acids is 1. The number of rotatable bonds is 4. The summed E-state index contributed by atoms with van der Waals surface area (Å²) in [5.74, 6) is 0.161. The van der Waals surface area contributed by atoms with E-state index in [-0.39, 0.29) is 11.1 Å². The quantitative estimate of drug-likeness (QED) is 0.789. The summed E-state index contributed by atoms with van der Waals surface area (Å²) in [6.07, 6.45) is 0. The van der Waals surface area contributed by atoms with Crippen LogP contribution in [0.5, 0.6) is 0 Å². The van der Waals surface area contributed by atoms with E-state index in [4.69, 9.17) is 34.8 Å². The summed E-state index contributed by atoms with van der Waals surface area (Å²) in [5, 5.41) is 6.63. The van der Waals surface area contributed by atoms with Gasteiger partial charge in [-0.3, -0.25) is 4.79 Å². The first kappa shape index (κ1) is 15.9. The summed E-state index contributed by atoms with van der Waals surface area (Å²) in [6.45, 7) is 2.59. The topological polar surface area (TPSA) is 54.0 Å². The standard InChI is InChI=1S/C14H12Cl3N3O/c1-2-18-12-7-8(6-11(17)19-12)14(21)20-13-9(15)4-3-5-10(13)16/h3-7H,2H2,1H3,(H,18,19)(H,20,21). The van der Waals surface area contributed by atoms with Crippen LogP contribution in [0.3, 0.4) is 0 Å². The van der Waals surface area contributed by atoms with Crippen LogP contribution in [0.2, 0.25) is 15.2 Å². The Balaban J connectivity index is 2.28. The van der Waals surface area contributed by atoms with Crippen molar-refractivity contribution in [2.45, 2.75) is 6.92 Å². The van der Waals surface area contributed by atoms with Gasteiger partial charge >= 0.3 is 0 Å². The van der Waals surface area contributed by atoms with Crippen LogP contribution in [0.1, 0.15) is 17.3 Å².